The maximum atomic E-state index is 12.6. The van der Waals surface area contributed by atoms with E-state index in [4.69, 9.17) is 13.9 Å². The molecule has 29 heavy (non-hydrogen) atoms. The van der Waals surface area contributed by atoms with Gasteiger partial charge < -0.3 is 18.9 Å². The van der Waals surface area contributed by atoms with Crippen molar-refractivity contribution in [1.29, 1.82) is 0 Å². The fourth-order valence-corrected chi connectivity index (χ4v) is 3.39. The van der Waals surface area contributed by atoms with Gasteiger partial charge in [-0.15, -0.1) is 0 Å². The van der Waals surface area contributed by atoms with Crippen molar-refractivity contribution in [3.63, 3.8) is 0 Å². The van der Waals surface area contributed by atoms with Crippen LogP contribution in [0, 0.1) is 0 Å². The molecule has 2 aromatic carbocycles. The summed E-state index contributed by atoms with van der Waals surface area (Å²) in [6.07, 6.45) is 0.508. The lowest BCUT2D eigenvalue weighted by Gasteiger charge is -2.06. The first-order valence-electron chi connectivity index (χ1n) is 9.62. The zero-order valence-electron chi connectivity index (χ0n) is 16.1. The molecular weight excluding hydrogens is 372 g/mol. The molecule has 7 nitrogen and oxygen atoms in total. The van der Waals surface area contributed by atoms with Gasteiger partial charge >= 0.3 is 11.7 Å². The highest BCUT2D eigenvalue weighted by Crippen LogP contribution is 2.27. The number of fused-ring (bicyclic) bond motifs is 2. The molecule has 0 saturated carbocycles. The smallest absolute Gasteiger partial charge is 0.374 e. The Kier molecular flexibility index (Phi) is 5.48. The molecule has 0 fully saturated rings. The zero-order chi connectivity index (χ0) is 20.2. The molecule has 0 spiro atoms. The molecule has 2 heterocycles. The molecule has 0 bridgehead atoms. The Morgan fingerprint density at radius 3 is 2.79 bits per heavy atom. The molecule has 0 amide bonds. The van der Waals surface area contributed by atoms with Crippen molar-refractivity contribution in [2.75, 3.05) is 13.2 Å². The van der Waals surface area contributed by atoms with Crippen LogP contribution in [-0.2, 0) is 22.6 Å². The number of nitrogens with zero attached hydrogens (tertiary/aromatic N) is 1. The summed E-state index contributed by atoms with van der Waals surface area (Å²) in [5.41, 5.74) is 2.77. The third-order valence-electron chi connectivity index (χ3n) is 4.78. The monoisotopic (exact) mass is 394 g/mol. The van der Waals surface area contributed by atoms with E-state index in [1.165, 1.54) is 0 Å². The molecule has 1 N–H and O–H groups in total. The summed E-state index contributed by atoms with van der Waals surface area (Å²) in [4.78, 5) is 27.5. The summed E-state index contributed by atoms with van der Waals surface area (Å²) < 4.78 is 18.3. The lowest BCUT2D eigenvalue weighted by molar-refractivity contribution is 0.0453. The van der Waals surface area contributed by atoms with Gasteiger partial charge in [-0.1, -0.05) is 30.3 Å². The van der Waals surface area contributed by atoms with Gasteiger partial charge in [-0.25, -0.2) is 9.59 Å². The second-order valence-corrected chi connectivity index (χ2v) is 6.63. The number of nitrogens with one attached hydrogen (secondary N) is 1. The molecule has 0 unspecified atom stereocenters. The van der Waals surface area contributed by atoms with Crippen molar-refractivity contribution in [2.45, 2.75) is 26.5 Å². The fourth-order valence-electron chi connectivity index (χ4n) is 3.39. The average Bonchev–Trinajstić information content (AvgIpc) is 3.26. The molecule has 150 valence electrons. The maximum absolute atomic E-state index is 12.6. The summed E-state index contributed by atoms with van der Waals surface area (Å²) in [7, 11) is 0. The molecule has 0 aliphatic rings. The van der Waals surface area contributed by atoms with Crippen LogP contribution in [0.1, 0.15) is 29.5 Å². The molecule has 0 aliphatic carbocycles. The SMILES string of the molecule is CCOCc1c(C(=O)OCCCn2c(=O)[nH]c3ccccc32)oc2ccccc12. The minimum Gasteiger partial charge on any atom is -0.460 e. The van der Waals surface area contributed by atoms with Crippen LogP contribution in [-0.4, -0.2) is 28.7 Å². The number of ether oxygens (including phenoxy) is 2. The highest BCUT2D eigenvalue weighted by molar-refractivity contribution is 5.96. The highest BCUT2D eigenvalue weighted by Gasteiger charge is 2.21. The van der Waals surface area contributed by atoms with E-state index in [1.807, 2.05) is 55.5 Å². The number of hydrogen-bond donors (Lipinski definition) is 1. The molecule has 4 rings (SSSR count). The van der Waals surface area contributed by atoms with E-state index >= 15 is 0 Å². The summed E-state index contributed by atoms with van der Waals surface area (Å²) in [5.74, 6) is -0.355. The standard InChI is InChI=1S/C22H22N2O5/c1-2-27-14-16-15-8-3-6-11-19(15)29-20(16)21(25)28-13-7-12-24-18-10-5-4-9-17(18)23-22(24)26/h3-6,8-11H,2,7,12-14H2,1H3,(H,23,26). The number of H-pyrrole nitrogens is 1. The van der Waals surface area contributed by atoms with Crippen molar-refractivity contribution < 1.29 is 18.7 Å². The third-order valence-corrected chi connectivity index (χ3v) is 4.78. The summed E-state index contributed by atoms with van der Waals surface area (Å²) in [6, 6.07) is 14.9. The number of imidazole rings is 1. The topological polar surface area (TPSA) is 86.5 Å². The van der Waals surface area contributed by atoms with Gasteiger partial charge in [0.1, 0.15) is 5.58 Å². The first-order chi connectivity index (χ1) is 14.2. The summed E-state index contributed by atoms with van der Waals surface area (Å²) in [5, 5.41) is 0.846. The van der Waals surface area contributed by atoms with E-state index in [0.29, 0.717) is 30.7 Å². The third kappa shape index (κ3) is 3.82. The summed E-state index contributed by atoms with van der Waals surface area (Å²) in [6.45, 7) is 3.33. The average molecular weight is 394 g/mol. The highest BCUT2D eigenvalue weighted by atomic mass is 16.5. The van der Waals surface area contributed by atoms with E-state index in [2.05, 4.69) is 4.98 Å². The number of aromatic nitrogens is 2. The van der Waals surface area contributed by atoms with Gasteiger partial charge in [-0.2, -0.15) is 0 Å². The Hall–Kier alpha value is -3.32. The van der Waals surface area contributed by atoms with Gasteiger partial charge in [0.25, 0.3) is 0 Å². The number of aryl methyl sites for hydroxylation is 1. The van der Waals surface area contributed by atoms with Crippen LogP contribution in [0.3, 0.4) is 0 Å². The van der Waals surface area contributed by atoms with Gasteiger partial charge in [-0.3, -0.25) is 4.57 Å². The Bertz CT molecular complexity index is 1200. The van der Waals surface area contributed by atoms with Crippen molar-refractivity contribution in [3.05, 3.63) is 70.3 Å². The number of benzene rings is 2. The Labute approximate surface area is 166 Å². The molecule has 0 saturated heterocycles. The Morgan fingerprint density at radius 2 is 1.93 bits per heavy atom. The first-order valence-corrected chi connectivity index (χ1v) is 9.62. The Morgan fingerprint density at radius 1 is 1.14 bits per heavy atom. The lowest BCUT2D eigenvalue weighted by Crippen LogP contribution is -2.18. The van der Waals surface area contributed by atoms with Crippen LogP contribution in [0.15, 0.2) is 57.7 Å². The number of aromatic amines is 1. The summed E-state index contributed by atoms with van der Waals surface area (Å²) >= 11 is 0. The first kappa shape index (κ1) is 19.0. The zero-order valence-corrected chi connectivity index (χ0v) is 16.1. The number of esters is 1. The van der Waals surface area contributed by atoms with E-state index in [9.17, 15) is 9.59 Å². The number of carbonyl (C=O) groups excluding carboxylic acids is 1. The van der Waals surface area contributed by atoms with Gasteiger partial charge in [-0.05, 0) is 31.5 Å². The molecule has 0 aliphatic heterocycles. The van der Waals surface area contributed by atoms with E-state index in [0.717, 1.165) is 16.4 Å². The van der Waals surface area contributed by atoms with E-state index < -0.39 is 5.97 Å². The predicted octanol–water partition coefficient (Wildman–Crippen LogP) is 3.86. The fraction of sp³-hybridized carbons (Fsp3) is 0.273. The number of rotatable bonds is 8. The van der Waals surface area contributed by atoms with Gasteiger partial charge in [0.2, 0.25) is 5.76 Å². The number of para-hydroxylation sites is 3. The van der Waals surface area contributed by atoms with Crippen molar-refractivity contribution in [1.82, 2.24) is 9.55 Å². The molecule has 0 radical (unpaired) electrons. The number of hydrogen-bond acceptors (Lipinski definition) is 5. The van der Waals surface area contributed by atoms with Crippen molar-refractivity contribution in [3.8, 4) is 0 Å². The van der Waals surface area contributed by atoms with Crippen LogP contribution in [0.2, 0.25) is 0 Å². The molecule has 2 aromatic heterocycles. The molecule has 4 aromatic rings. The number of carbonyl (C=O) groups is 1. The van der Waals surface area contributed by atoms with E-state index in [1.54, 1.807) is 4.57 Å². The molecular formula is C22H22N2O5. The van der Waals surface area contributed by atoms with Crippen molar-refractivity contribution in [2.24, 2.45) is 0 Å². The van der Waals surface area contributed by atoms with Gasteiger partial charge in [0, 0.05) is 24.1 Å². The second kappa shape index (κ2) is 8.36. The van der Waals surface area contributed by atoms with Crippen molar-refractivity contribution >= 4 is 28.0 Å². The van der Waals surface area contributed by atoms with Crippen LogP contribution < -0.4 is 5.69 Å². The van der Waals surface area contributed by atoms with Crippen LogP contribution >= 0.6 is 0 Å². The van der Waals surface area contributed by atoms with Gasteiger partial charge in [0.05, 0.1) is 24.2 Å². The van der Waals surface area contributed by atoms with E-state index in [-0.39, 0.29) is 24.7 Å². The second-order valence-electron chi connectivity index (χ2n) is 6.63. The Balaban J connectivity index is 1.43. The van der Waals surface area contributed by atoms with Crippen LogP contribution in [0.25, 0.3) is 22.0 Å². The van der Waals surface area contributed by atoms with Crippen LogP contribution in [0.4, 0.5) is 0 Å². The normalized spacial score (nSPS) is 11.3. The van der Waals surface area contributed by atoms with Gasteiger partial charge in [0.15, 0.2) is 0 Å². The number of furan rings is 1. The predicted molar refractivity (Wildman–Crippen MR) is 109 cm³/mol. The molecule has 0 atom stereocenters. The lowest BCUT2D eigenvalue weighted by atomic mass is 10.1. The maximum Gasteiger partial charge on any atom is 0.374 e. The van der Waals surface area contributed by atoms with Crippen LogP contribution in [0.5, 0.6) is 0 Å². The molecule has 7 heteroatoms. The minimum absolute atomic E-state index is 0.170. The largest absolute Gasteiger partial charge is 0.460 e. The quantitative estimate of drug-likeness (QED) is 0.362. The minimum atomic E-state index is -0.526.